The van der Waals surface area contributed by atoms with Crippen LogP contribution in [0.2, 0.25) is 0 Å². The van der Waals surface area contributed by atoms with Crippen molar-refractivity contribution < 1.29 is 8.42 Å². The van der Waals surface area contributed by atoms with Crippen molar-refractivity contribution in [3.63, 3.8) is 0 Å². The van der Waals surface area contributed by atoms with Gasteiger partial charge >= 0.3 is 0 Å². The van der Waals surface area contributed by atoms with Gasteiger partial charge in [-0.3, -0.25) is 9.36 Å². The van der Waals surface area contributed by atoms with Crippen LogP contribution in [0, 0.1) is 6.92 Å². The summed E-state index contributed by atoms with van der Waals surface area (Å²) in [6, 6.07) is 1.91. The number of rotatable bonds is 3. The van der Waals surface area contributed by atoms with Crippen molar-refractivity contribution in [2.75, 3.05) is 0 Å². The van der Waals surface area contributed by atoms with Gasteiger partial charge in [0.25, 0.3) is 9.05 Å². The lowest BCUT2D eigenvalue weighted by Gasteiger charge is -2.01. The number of aromatic nitrogens is 4. The first-order chi connectivity index (χ1) is 7.86. The summed E-state index contributed by atoms with van der Waals surface area (Å²) in [6.45, 7) is 2.34. The standard InChI is InChI=1S/C9H11ClN4O2S/c1-7-3-8(13(2)12-7)5-14-6-9(4-11-14)17(10,15)16/h3-4,6H,5H2,1-2H3. The van der Waals surface area contributed by atoms with Crippen molar-refractivity contribution in [2.45, 2.75) is 18.4 Å². The number of hydrogen-bond donors (Lipinski definition) is 0. The lowest BCUT2D eigenvalue weighted by Crippen LogP contribution is -2.05. The topological polar surface area (TPSA) is 69.8 Å². The zero-order valence-electron chi connectivity index (χ0n) is 9.33. The Bertz CT molecular complexity index is 644. The highest BCUT2D eigenvalue weighted by atomic mass is 35.7. The van der Waals surface area contributed by atoms with Crippen LogP contribution in [-0.4, -0.2) is 28.0 Å². The van der Waals surface area contributed by atoms with Gasteiger partial charge in [0.15, 0.2) is 0 Å². The molecule has 0 N–H and O–H groups in total. The minimum absolute atomic E-state index is 0.00180. The van der Waals surface area contributed by atoms with E-state index in [0.717, 1.165) is 11.4 Å². The van der Waals surface area contributed by atoms with E-state index in [2.05, 4.69) is 10.2 Å². The molecule has 0 bridgehead atoms. The maximum atomic E-state index is 11.1. The van der Waals surface area contributed by atoms with Crippen LogP contribution >= 0.6 is 10.7 Å². The highest BCUT2D eigenvalue weighted by Gasteiger charge is 2.13. The van der Waals surface area contributed by atoms with E-state index < -0.39 is 9.05 Å². The lowest BCUT2D eigenvalue weighted by molar-refractivity contribution is 0.607. The second-order valence-electron chi connectivity index (χ2n) is 3.71. The van der Waals surface area contributed by atoms with E-state index in [4.69, 9.17) is 10.7 Å². The Kier molecular flexibility index (Phi) is 2.96. The Hall–Kier alpha value is -1.34. The van der Waals surface area contributed by atoms with Crippen LogP contribution in [0.25, 0.3) is 0 Å². The Morgan fingerprint density at radius 2 is 2.18 bits per heavy atom. The third-order valence-electron chi connectivity index (χ3n) is 2.31. The first-order valence-corrected chi connectivity index (χ1v) is 7.14. The summed E-state index contributed by atoms with van der Waals surface area (Å²) in [6.07, 6.45) is 2.62. The highest BCUT2D eigenvalue weighted by molar-refractivity contribution is 8.13. The summed E-state index contributed by atoms with van der Waals surface area (Å²) in [5, 5.41) is 8.13. The largest absolute Gasteiger partial charge is 0.270 e. The van der Waals surface area contributed by atoms with Crippen LogP contribution in [0.5, 0.6) is 0 Å². The molecule has 8 heteroatoms. The van der Waals surface area contributed by atoms with Crippen molar-refractivity contribution in [3.05, 3.63) is 29.8 Å². The monoisotopic (exact) mass is 274 g/mol. The summed E-state index contributed by atoms with van der Waals surface area (Å²) in [7, 11) is 3.32. The molecule has 0 unspecified atom stereocenters. The second-order valence-corrected chi connectivity index (χ2v) is 6.28. The molecule has 2 aromatic rings. The van der Waals surface area contributed by atoms with E-state index in [9.17, 15) is 8.42 Å². The first-order valence-electron chi connectivity index (χ1n) is 4.83. The SMILES string of the molecule is Cc1cc(Cn2cc(S(=O)(=O)Cl)cn2)n(C)n1. The molecule has 2 aromatic heterocycles. The van der Waals surface area contributed by atoms with Crippen LogP contribution in [0.1, 0.15) is 11.4 Å². The molecule has 17 heavy (non-hydrogen) atoms. The predicted molar refractivity (Wildman–Crippen MR) is 62.3 cm³/mol. The number of halogens is 1. The van der Waals surface area contributed by atoms with Gasteiger partial charge in [-0.2, -0.15) is 10.2 Å². The molecule has 0 saturated heterocycles. The summed E-state index contributed by atoms with van der Waals surface area (Å²) < 4.78 is 25.4. The maximum absolute atomic E-state index is 11.1. The molecule has 0 spiro atoms. The first kappa shape index (κ1) is 12.1. The quantitative estimate of drug-likeness (QED) is 0.780. The molecule has 92 valence electrons. The second kappa shape index (κ2) is 4.15. The highest BCUT2D eigenvalue weighted by Crippen LogP contribution is 2.14. The van der Waals surface area contributed by atoms with Gasteiger partial charge in [-0.05, 0) is 13.0 Å². The number of aryl methyl sites for hydroxylation is 2. The lowest BCUT2D eigenvalue weighted by atomic mass is 10.4. The average Bonchev–Trinajstić information content (AvgIpc) is 2.74. The van der Waals surface area contributed by atoms with Crippen LogP contribution in [0.3, 0.4) is 0 Å². The van der Waals surface area contributed by atoms with E-state index in [1.165, 1.54) is 17.1 Å². The molecule has 0 fully saturated rings. The van der Waals surface area contributed by atoms with Gasteiger partial charge in [-0.1, -0.05) is 0 Å². The molecule has 0 radical (unpaired) electrons. The van der Waals surface area contributed by atoms with Crippen LogP contribution in [0.15, 0.2) is 23.4 Å². The molecule has 0 aliphatic carbocycles. The zero-order chi connectivity index (χ0) is 12.6. The fourth-order valence-electron chi connectivity index (χ4n) is 1.54. The van der Waals surface area contributed by atoms with E-state index in [0.29, 0.717) is 6.54 Å². The van der Waals surface area contributed by atoms with Crippen molar-refractivity contribution in [3.8, 4) is 0 Å². The smallest absolute Gasteiger partial charge is 0.264 e. The van der Waals surface area contributed by atoms with E-state index in [1.807, 2.05) is 20.0 Å². The molecule has 0 saturated carbocycles. The fourth-order valence-corrected chi connectivity index (χ4v) is 2.19. The van der Waals surface area contributed by atoms with Crippen LogP contribution in [-0.2, 0) is 22.6 Å². The van der Waals surface area contributed by atoms with Gasteiger partial charge < -0.3 is 0 Å². The normalized spacial score (nSPS) is 11.9. The molecular weight excluding hydrogens is 264 g/mol. The van der Waals surface area contributed by atoms with Gasteiger partial charge in [-0.25, -0.2) is 8.42 Å². The van der Waals surface area contributed by atoms with Gasteiger partial charge in [0.2, 0.25) is 0 Å². The fraction of sp³-hybridized carbons (Fsp3) is 0.333. The Balaban J connectivity index is 2.26. The molecule has 2 rings (SSSR count). The third kappa shape index (κ3) is 2.67. The molecule has 6 nitrogen and oxygen atoms in total. The Morgan fingerprint density at radius 3 is 2.65 bits per heavy atom. The van der Waals surface area contributed by atoms with Crippen LogP contribution in [0.4, 0.5) is 0 Å². The van der Waals surface area contributed by atoms with E-state index in [-0.39, 0.29) is 4.90 Å². The minimum Gasteiger partial charge on any atom is -0.270 e. The van der Waals surface area contributed by atoms with Crippen molar-refractivity contribution >= 4 is 19.7 Å². The molecular formula is C9H11ClN4O2S. The molecule has 0 amide bonds. The van der Waals surface area contributed by atoms with Gasteiger partial charge in [0.1, 0.15) is 4.90 Å². The van der Waals surface area contributed by atoms with Crippen LogP contribution < -0.4 is 0 Å². The average molecular weight is 275 g/mol. The zero-order valence-corrected chi connectivity index (χ0v) is 10.9. The molecule has 0 aromatic carbocycles. The van der Waals surface area contributed by atoms with E-state index >= 15 is 0 Å². The summed E-state index contributed by atoms with van der Waals surface area (Å²) in [5.74, 6) is 0. The summed E-state index contributed by atoms with van der Waals surface area (Å²) in [5.41, 5.74) is 1.84. The van der Waals surface area contributed by atoms with Crippen molar-refractivity contribution in [1.29, 1.82) is 0 Å². The van der Waals surface area contributed by atoms with Gasteiger partial charge in [0, 0.05) is 23.9 Å². The number of nitrogens with zero attached hydrogens (tertiary/aromatic N) is 4. The summed E-state index contributed by atoms with van der Waals surface area (Å²) in [4.78, 5) is -0.00180. The third-order valence-corrected chi connectivity index (χ3v) is 3.62. The molecule has 2 heterocycles. The van der Waals surface area contributed by atoms with Gasteiger partial charge in [-0.15, -0.1) is 0 Å². The Morgan fingerprint density at radius 1 is 1.47 bits per heavy atom. The van der Waals surface area contributed by atoms with Crippen molar-refractivity contribution in [2.24, 2.45) is 7.05 Å². The predicted octanol–water partition coefficient (Wildman–Crippen LogP) is 0.901. The Labute approximate surface area is 103 Å². The number of hydrogen-bond acceptors (Lipinski definition) is 4. The summed E-state index contributed by atoms with van der Waals surface area (Å²) >= 11 is 0. The molecule has 0 atom stereocenters. The minimum atomic E-state index is -3.71. The molecule has 0 aliphatic rings. The van der Waals surface area contributed by atoms with Crippen molar-refractivity contribution in [1.82, 2.24) is 19.6 Å². The van der Waals surface area contributed by atoms with E-state index in [1.54, 1.807) is 4.68 Å². The molecule has 0 aliphatic heterocycles. The van der Waals surface area contributed by atoms with Gasteiger partial charge in [0.05, 0.1) is 24.1 Å². The maximum Gasteiger partial charge on any atom is 0.264 e.